The predicted octanol–water partition coefficient (Wildman–Crippen LogP) is 2.79. The third kappa shape index (κ3) is 10.5. The van der Waals surface area contributed by atoms with Crippen LogP contribution in [-0.4, -0.2) is 73.0 Å². The van der Waals surface area contributed by atoms with Crippen molar-refractivity contribution in [1.29, 1.82) is 0 Å². The van der Waals surface area contributed by atoms with E-state index in [1.54, 1.807) is 51.4 Å². The molecule has 0 amide bonds. The van der Waals surface area contributed by atoms with E-state index in [0.29, 0.717) is 47.0 Å². The van der Waals surface area contributed by atoms with Gasteiger partial charge in [-0.1, -0.05) is 0 Å². The lowest BCUT2D eigenvalue weighted by atomic mass is 9.88. The molecule has 0 atom stereocenters. The maximum Gasteiger partial charge on any atom is 0.373 e. The lowest BCUT2D eigenvalue weighted by Gasteiger charge is -2.14. The number of hydrogen-bond donors (Lipinski definition) is 2. The number of esters is 2. The number of rotatable bonds is 12. The average molecular weight is 543 g/mol. The molecule has 0 aromatic heterocycles. The van der Waals surface area contributed by atoms with Gasteiger partial charge >= 0.3 is 19.0 Å². The summed E-state index contributed by atoms with van der Waals surface area (Å²) in [5.41, 5.74) is 2.57. The van der Waals surface area contributed by atoms with E-state index in [2.05, 4.69) is 14.7 Å². The molecule has 2 aromatic carbocycles. The molecule has 0 spiro atoms. The van der Waals surface area contributed by atoms with E-state index in [-0.39, 0.29) is 0 Å². The monoisotopic (exact) mass is 543 g/mol. The first-order chi connectivity index (χ1) is 18.7. The van der Waals surface area contributed by atoms with Crippen molar-refractivity contribution >= 4 is 37.4 Å². The molecule has 0 fully saturated rings. The highest BCUT2D eigenvalue weighted by Crippen LogP contribution is 2.32. The minimum absolute atomic E-state index is 0.396. The van der Waals surface area contributed by atoms with Crippen LogP contribution < -0.4 is 24.2 Å². The third-order valence-corrected chi connectivity index (χ3v) is 5.15. The lowest BCUT2D eigenvalue weighted by Crippen LogP contribution is -2.30. The quantitative estimate of drug-likeness (QED) is 0.177. The van der Waals surface area contributed by atoms with E-state index in [9.17, 15) is 19.4 Å². The van der Waals surface area contributed by atoms with E-state index in [1.165, 1.54) is 46.7 Å². The van der Waals surface area contributed by atoms with Crippen molar-refractivity contribution in [1.82, 2.24) is 5.23 Å². The van der Waals surface area contributed by atoms with Crippen LogP contribution in [0, 0.1) is 0 Å². The summed E-state index contributed by atoms with van der Waals surface area (Å²) in [5, 5.41) is 12.2. The SMILES string of the molecule is COC(=O)/C=C/c1cc(OC)c(OC)cc1C=O.COC(=O)/C=C/c1cc(OC)c(OC)cc1CNB(C)O. The third-order valence-electron chi connectivity index (χ3n) is 5.15. The van der Waals surface area contributed by atoms with E-state index in [4.69, 9.17) is 18.9 Å². The summed E-state index contributed by atoms with van der Waals surface area (Å²) in [5.74, 6) is 1.13. The van der Waals surface area contributed by atoms with Crippen molar-refractivity contribution in [2.45, 2.75) is 13.4 Å². The van der Waals surface area contributed by atoms with Crippen molar-refractivity contribution in [3.05, 3.63) is 58.7 Å². The van der Waals surface area contributed by atoms with Gasteiger partial charge in [-0.2, -0.15) is 0 Å². The molecular formula is C27H34BNO10. The highest BCUT2D eigenvalue weighted by atomic mass is 16.5. The molecule has 210 valence electrons. The van der Waals surface area contributed by atoms with E-state index in [1.807, 2.05) is 0 Å². The second-order valence-electron chi connectivity index (χ2n) is 7.63. The van der Waals surface area contributed by atoms with E-state index < -0.39 is 19.0 Å². The molecule has 12 heteroatoms. The Morgan fingerprint density at radius 2 is 1.15 bits per heavy atom. The van der Waals surface area contributed by atoms with Gasteiger partial charge in [0.2, 0.25) is 0 Å². The van der Waals surface area contributed by atoms with Crippen LogP contribution in [0.1, 0.15) is 27.0 Å². The van der Waals surface area contributed by atoms with Crippen molar-refractivity contribution in [2.75, 3.05) is 42.7 Å². The number of hydrogen-bond acceptors (Lipinski definition) is 11. The van der Waals surface area contributed by atoms with Crippen molar-refractivity contribution in [2.24, 2.45) is 0 Å². The Balaban J connectivity index is 0.000000395. The smallest absolute Gasteiger partial charge is 0.373 e. The fraction of sp³-hybridized carbons (Fsp3) is 0.296. The molecule has 39 heavy (non-hydrogen) atoms. The van der Waals surface area contributed by atoms with Crippen LogP contribution in [0.4, 0.5) is 0 Å². The zero-order valence-electron chi connectivity index (χ0n) is 23.1. The molecule has 0 aliphatic carbocycles. The Morgan fingerprint density at radius 1 is 0.744 bits per heavy atom. The van der Waals surface area contributed by atoms with Crippen LogP contribution in [-0.2, 0) is 25.6 Å². The maximum absolute atomic E-state index is 11.2. The summed E-state index contributed by atoms with van der Waals surface area (Å²) in [6.07, 6.45) is 6.35. The molecule has 11 nitrogen and oxygen atoms in total. The van der Waals surface area contributed by atoms with Gasteiger partial charge in [0.1, 0.15) is 0 Å². The Kier molecular flexibility index (Phi) is 14.5. The Labute approximate surface area is 228 Å². The zero-order valence-corrected chi connectivity index (χ0v) is 23.1. The Hall–Kier alpha value is -4.29. The van der Waals surface area contributed by atoms with Crippen molar-refractivity contribution in [3.8, 4) is 23.0 Å². The predicted molar refractivity (Wildman–Crippen MR) is 147 cm³/mol. The van der Waals surface area contributed by atoms with Crippen LogP contribution in [0.3, 0.4) is 0 Å². The van der Waals surface area contributed by atoms with Crippen LogP contribution in [0.5, 0.6) is 23.0 Å². The fourth-order valence-electron chi connectivity index (χ4n) is 3.11. The summed E-state index contributed by atoms with van der Waals surface area (Å²) in [7, 11) is 8.02. The number of benzene rings is 2. The molecule has 2 N–H and O–H groups in total. The normalized spacial score (nSPS) is 10.4. The summed E-state index contributed by atoms with van der Waals surface area (Å²) < 4.78 is 29.8. The fourth-order valence-corrected chi connectivity index (χ4v) is 3.11. The molecule has 0 bridgehead atoms. The minimum atomic E-state index is -0.643. The van der Waals surface area contributed by atoms with Gasteiger partial charge in [-0.3, -0.25) is 4.79 Å². The van der Waals surface area contributed by atoms with Crippen LogP contribution in [0.25, 0.3) is 12.2 Å². The molecule has 0 unspecified atom stereocenters. The number of carbonyl (C=O) groups is 3. The number of aldehydes is 1. The van der Waals surface area contributed by atoms with Gasteiger partial charge in [0.25, 0.3) is 0 Å². The second-order valence-corrected chi connectivity index (χ2v) is 7.63. The van der Waals surface area contributed by atoms with Gasteiger partial charge in [-0.25, -0.2) is 9.59 Å². The zero-order chi connectivity index (χ0) is 29.4. The summed E-state index contributed by atoms with van der Waals surface area (Å²) >= 11 is 0. The Morgan fingerprint density at radius 3 is 1.56 bits per heavy atom. The highest BCUT2D eigenvalue weighted by Gasteiger charge is 2.12. The maximum atomic E-state index is 11.2. The van der Waals surface area contributed by atoms with Crippen molar-refractivity contribution in [3.63, 3.8) is 0 Å². The first-order valence-electron chi connectivity index (χ1n) is 11.6. The topological polar surface area (TPSA) is 139 Å². The van der Waals surface area contributed by atoms with Crippen LogP contribution >= 0.6 is 0 Å². The number of methoxy groups -OCH3 is 6. The molecule has 0 aliphatic heterocycles. The van der Waals surface area contributed by atoms with Gasteiger partial charge in [-0.15, -0.1) is 0 Å². The number of ether oxygens (including phenoxy) is 6. The summed E-state index contributed by atoms with van der Waals surface area (Å²) in [4.78, 5) is 33.2. The van der Waals surface area contributed by atoms with E-state index >= 15 is 0 Å². The number of carbonyl (C=O) groups excluding carboxylic acids is 3. The molecular weight excluding hydrogens is 509 g/mol. The highest BCUT2D eigenvalue weighted by molar-refractivity contribution is 6.45. The molecule has 0 saturated heterocycles. The Bertz CT molecular complexity index is 1180. The van der Waals surface area contributed by atoms with Gasteiger partial charge in [0, 0.05) is 24.3 Å². The molecule has 0 radical (unpaired) electrons. The summed E-state index contributed by atoms with van der Waals surface area (Å²) in [6, 6.07) is 6.72. The van der Waals surface area contributed by atoms with Crippen LogP contribution in [0.2, 0.25) is 6.82 Å². The average Bonchev–Trinajstić information content (AvgIpc) is 2.96. The number of nitrogens with one attached hydrogen (secondary N) is 1. The van der Waals surface area contributed by atoms with Gasteiger partial charge in [0.15, 0.2) is 29.3 Å². The first kappa shape index (κ1) is 32.7. The van der Waals surface area contributed by atoms with Crippen molar-refractivity contribution < 1.29 is 47.8 Å². The van der Waals surface area contributed by atoms with E-state index in [0.717, 1.165) is 11.1 Å². The molecule has 0 saturated carbocycles. The molecule has 2 rings (SSSR count). The van der Waals surface area contributed by atoms with Gasteiger partial charge in [0.05, 0.1) is 42.7 Å². The summed E-state index contributed by atoms with van der Waals surface area (Å²) in [6.45, 7) is 2.05. The molecule has 0 heterocycles. The van der Waals surface area contributed by atoms with Gasteiger partial charge < -0.3 is 38.7 Å². The molecule has 0 aliphatic rings. The lowest BCUT2D eigenvalue weighted by molar-refractivity contribution is -0.135. The second kappa shape index (κ2) is 17.3. The largest absolute Gasteiger partial charge is 0.493 e. The van der Waals surface area contributed by atoms with Gasteiger partial charge in [-0.05, 0) is 59.9 Å². The molecule has 2 aromatic rings. The first-order valence-corrected chi connectivity index (χ1v) is 11.6. The standard InChI is InChI=1S/C14H20BNO5.C13H14O5/c1-15(18)16-9-11-8-13(20-3)12(19-2)7-10(11)5-6-14(17)21-4;1-16-11-6-9(4-5-13(15)18-3)10(8-14)7-12(11)17-2/h5-8,16,18H,9H2,1-4H3;4-8H,1-3H3/b6-5+;5-4+. The van der Waals surface area contributed by atoms with Crippen LogP contribution in [0.15, 0.2) is 36.4 Å². The minimum Gasteiger partial charge on any atom is -0.493 e.